The first-order chi connectivity index (χ1) is 9.11. The maximum atomic E-state index is 10.6. The Labute approximate surface area is 115 Å². The maximum Gasteiger partial charge on any atom is 0.433 e. The molecule has 1 aromatic heterocycles. The van der Waals surface area contributed by atoms with Crippen LogP contribution in [0.3, 0.4) is 0 Å². The molecule has 0 spiro atoms. The summed E-state index contributed by atoms with van der Waals surface area (Å²) in [4.78, 5) is 10.1. The van der Waals surface area contributed by atoms with Crippen molar-refractivity contribution >= 4 is 17.5 Å². The lowest BCUT2D eigenvalue weighted by Crippen LogP contribution is -2.21. The van der Waals surface area contributed by atoms with Crippen molar-refractivity contribution in [1.29, 1.82) is 0 Å². The van der Waals surface area contributed by atoms with Crippen molar-refractivity contribution in [2.75, 3.05) is 6.54 Å². The van der Waals surface area contributed by atoms with E-state index in [0.717, 1.165) is 5.56 Å². The molecule has 1 heterocycles. The van der Waals surface area contributed by atoms with Gasteiger partial charge in [-0.3, -0.25) is 10.1 Å². The molecule has 2 rings (SSSR count). The van der Waals surface area contributed by atoms with Crippen LogP contribution in [-0.4, -0.2) is 11.5 Å². The van der Waals surface area contributed by atoms with Crippen molar-refractivity contribution in [3.63, 3.8) is 0 Å². The van der Waals surface area contributed by atoms with Crippen molar-refractivity contribution < 1.29 is 9.34 Å². The second-order valence-corrected chi connectivity index (χ2v) is 4.41. The molecule has 1 unspecified atom stereocenters. The Morgan fingerprint density at radius 1 is 1.32 bits per heavy atom. The van der Waals surface area contributed by atoms with Crippen LogP contribution in [0.25, 0.3) is 0 Å². The summed E-state index contributed by atoms with van der Waals surface area (Å²) < 4.78 is 5.25. The number of hydrogen-bond donors (Lipinski definition) is 1. The summed E-state index contributed by atoms with van der Waals surface area (Å²) in [6.07, 6.45) is 0. The van der Waals surface area contributed by atoms with Gasteiger partial charge >= 0.3 is 5.88 Å². The van der Waals surface area contributed by atoms with Crippen molar-refractivity contribution in [1.82, 2.24) is 5.32 Å². The quantitative estimate of drug-likeness (QED) is 0.672. The van der Waals surface area contributed by atoms with Gasteiger partial charge in [-0.05, 0) is 30.3 Å². The van der Waals surface area contributed by atoms with Gasteiger partial charge in [0.25, 0.3) is 0 Å². The number of hydrogen-bond acceptors (Lipinski definition) is 4. The van der Waals surface area contributed by atoms with E-state index in [9.17, 15) is 10.1 Å². The zero-order valence-corrected chi connectivity index (χ0v) is 11.1. The van der Waals surface area contributed by atoms with Gasteiger partial charge < -0.3 is 9.73 Å². The number of furan rings is 1. The highest BCUT2D eigenvalue weighted by molar-refractivity contribution is 6.30. The largest absolute Gasteiger partial charge is 0.433 e. The van der Waals surface area contributed by atoms with E-state index in [1.165, 1.54) is 6.07 Å². The van der Waals surface area contributed by atoms with E-state index in [1.54, 1.807) is 18.2 Å². The fourth-order valence-electron chi connectivity index (χ4n) is 1.84. The monoisotopic (exact) mass is 280 g/mol. The van der Waals surface area contributed by atoms with Crippen LogP contribution in [0, 0.1) is 10.1 Å². The third kappa shape index (κ3) is 3.13. The summed E-state index contributed by atoms with van der Waals surface area (Å²) >= 11 is 5.85. The van der Waals surface area contributed by atoms with E-state index in [2.05, 4.69) is 5.32 Å². The van der Waals surface area contributed by atoms with Crippen LogP contribution in [0.5, 0.6) is 0 Å². The average molecular weight is 281 g/mol. The molecule has 6 heteroatoms. The molecular weight excluding hydrogens is 268 g/mol. The van der Waals surface area contributed by atoms with Gasteiger partial charge in [0.2, 0.25) is 0 Å². The zero-order valence-electron chi connectivity index (χ0n) is 10.3. The normalized spacial score (nSPS) is 12.3. The van der Waals surface area contributed by atoms with Crippen LogP contribution in [0.15, 0.2) is 40.8 Å². The summed E-state index contributed by atoms with van der Waals surface area (Å²) in [6.45, 7) is 2.67. The van der Waals surface area contributed by atoms with Crippen molar-refractivity contribution in [3.8, 4) is 0 Å². The van der Waals surface area contributed by atoms with Crippen molar-refractivity contribution in [2.45, 2.75) is 13.0 Å². The van der Waals surface area contributed by atoms with Crippen LogP contribution < -0.4 is 5.32 Å². The standard InChI is InChI=1S/C13H13ClN2O3/c1-2-15-13(9-3-5-10(14)6-4-9)11-7-8-12(19-11)16(17)18/h3-8,13,15H,2H2,1H3. The predicted octanol–water partition coefficient (Wildman–Crippen LogP) is 3.54. The van der Waals surface area contributed by atoms with Crippen LogP contribution in [0.2, 0.25) is 5.02 Å². The number of nitrogens with one attached hydrogen (secondary N) is 1. The Bertz CT molecular complexity index is 566. The number of nitro groups is 1. The van der Waals surface area contributed by atoms with Gasteiger partial charge in [-0.1, -0.05) is 30.7 Å². The van der Waals surface area contributed by atoms with Crippen LogP contribution >= 0.6 is 11.6 Å². The Hall–Kier alpha value is -1.85. The molecule has 0 fully saturated rings. The lowest BCUT2D eigenvalue weighted by atomic mass is 10.0. The molecule has 0 amide bonds. The van der Waals surface area contributed by atoms with Gasteiger partial charge in [0, 0.05) is 5.02 Å². The summed E-state index contributed by atoms with van der Waals surface area (Å²) in [5.74, 6) is 0.253. The molecule has 0 aliphatic heterocycles. The number of benzene rings is 1. The Kier molecular flexibility index (Phi) is 4.19. The summed E-state index contributed by atoms with van der Waals surface area (Å²) in [6, 6.07) is 10.0. The molecule has 0 saturated carbocycles. The second-order valence-electron chi connectivity index (χ2n) is 3.98. The van der Waals surface area contributed by atoms with Crippen LogP contribution in [-0.2, 0) is 0 Å². The third-order valence-electron chi connectivity index (χ3n) is 2.69. The first-order valence-corrected chi connectivity index (χ1v) is 6.22. The molecule has 1 aromatic carbocycles. The fourth-order valence-corrected chi connectivity index (χ4v) is 1.96. The lowest BCUT2D eigenvalue weighted by molar-refractivity contribution is -0.402. The summed E-state index contributed by atoms with van der Waals surface area (Å²) in [5.41, 5.74) is 0.940. The molecule has 1 N–H and O–H groups in total. The minimum atomic E-state index is -0.547. The van der Waals surface area contributed by atoms with E-state index >= 15 is 0 Å². The maximum absolute atomic E-state index is 10.6. The molecular formula is C13H13ClN2O3. The molecule has 100 valence electrons. The molecule has 0 aliphatic rings. The van der Waals surface area contributed by atoms with Gasteiger partial charge in [0.15, 0.2) is 0 Å². The van der Waals surface area contributed by atoms with E-state index in [-0.39, 0.29) is 11.9 Å². The highest BCUT2D eigenvalue weighted by Crippen LogP contribution is 2.27. The Morgan fingerprint density at radius 2 is 2.00 bits per heavy atom. The first-order valence-electron chi connectivity index (χ1n) is 5.84. The topological polar surface area (TPSA) is 68.3 Å². The molecule has 0 aliphatic carbocycles. The summed E-state index contributed by atoms with van der Waals surface area (Å²) in [7, 11) is 0. The van der Waals surface area contributed by atoms with Crippen molar-refractivity contribution in [3.05, 3.63) is 62.9 Å². The molecule has 0 saturated heterocycles. The van der Waals surface area contributed by atoms with E-state index in [1.807, 2.05) is 19.1 Å². The van der Waals surface area contributed by atoms with Crippen molar-refractivity contribution in [2.24, 2.45) is 0 Å². The zero-order chi connectivity index (χ0) is 13.8. The smallest absolute Gasteiger partial charge is 0.404 e. The highest BCUT2D eigenvalue weighted by Gasteiger charge is 2.20. The average Bonchev–Trinajstić information content (AvgIpc) is 2.87. The number of nitrogens with zero attached hydrogens (tertiary/aromatic N) is 1. The molecule has 2 aromatic rings. The lowest BCUT2D eigenvalue weighted by Gasteiger charge is -2.15. The van der Waals surface area contributed by atoms with E-state index in [4.69, 9.17) is 16.0 Å². The van der Waals surface area contributed by atoms with Crippen LogP contribution in [0.1, 0.15) is 24.3 Å². The number of rotatable bonds is 5. The minimum Gasteiger partial charge on any atom is -0.404 e. The summed E-state index contributed by atoms with van der Waals surface area (Å²) in [5, 5.41) is 14.5. The SMILES string of the molecule is CCNC(c1ccc(Cl)cc1)c1ccc([N+](=O)[O-])o1. The second kappa shape index (κ2) is 5.86. The van der Waals surface area contributed by atoms with Gasteiger partial charge in [-0.2, -0.15) is 0 Å². The molecule has 0 radical (unpaired) electrons. The first kappa shape index (κ1) is 13.6. The predicted molar refractivity (Wildman–Crippen MR) is 72.3 cm³/mol. The molecule has 0 bridgehead atoms. The Morgan fingerprint density at radius 3 is 2.53 bits per heavy atom. The number of halogens is 1. The van der Waals surface area contributed by atoms with Gasteiger partial charge in [-0.25, -0.2) is 0 Å². The molecule has 1 atom stereocenters. The highest BCUT2D eigenvalue weighted by atomic mass is 35.5. The van der Waals surface area contributed by atoms with Gasteiger partial charge in [-0.15, -0.1) is 0 Å². The fraction of sp³-hybridized carbons (Fsp3) is 0.231. The van der Waals surface area contributed by atoms with E-state index in [0.29, 0.717) is 17.3 Å². The minimum absolute atomic E-state index is 0.226. The molecule has 5 nitrogen and oxygen atoms in total. The van der Waals surface area contributed by atoms with Gasteiger partial charge in [0.1, 0.15) is 10.7 Å². The molecule has 19 heavy (non-hydrogen) atoms. The third-order valence-corrected chi connectivity index (χ3v) is 2.94. The Balaban J connectivity index is 2.33. The van der Waals surface area contributed by atoms with Gasteiger partial charge in [0.05, 0.1) is 12.1 Å². The van der Waals surface area contributed by atoms with E-state index < -0.39 is 4.92 Å². The van der Waals surface area contributed by atoms with Crippen LogP contribution in [0.4, 0.5) is 5.88 Å².